The molecule has 8 heteroatoms. The second-order valence-corrected chi connectivity index (χ2v) is 9.38. The molecule has 1 aliphatic heterocycles. The smallest absolute Gasteiger partial charge is 0.272 e. The number of fused-ring (bicyclic) bond motifs is 1. The number of amides is 1. The Bertz CT molecular complexity index is 1490. The minimum absolute atomic E-state index is 0.0426. The number of pyridine rings is 2. The number of aromatic nitrogens is 4. The largest absolute Gasteiger partial charge is 0.497 e. The molecule has 190 valence electrons. The lowest BCUT2D eigenvalue weighted by atomic mass is 9.99. The van der Waals surface area contributed by atoms with Gasteiger partial charge in [0.05, 0.1) is 19.3 Å². The normalized spacial score (nSPS) is 12.9. The zero-order chi connectivity index (χ0) is 25.9. The third-order valence-corrected chi connectivity index (χ3v) is 6.88. The van der Waals surface area contributed by atoms with E-state index in [2.05, 4.69) is 17.0 Å². The Balaban J connectivity index is 1.54. The molecule has 0 radical (unpaired) electrons. The van der Waals surface area contributed by atoms with Crippen LogP contribution in [0.25, 0.3) is 11.1 Å². The lowest BCUT2D eigenvalue weighted by molar-refractivity contribution is 0.0721. The molecule has 8 nitrogen and oxygen atoms in total. The number of aryl methyl sites for hydroxylation is 2. The highest BCUT2D eigenvalue weighted by Crippen LogP contribution is 2.26. The molecule has 0 aliphatic carbocycles. The van der Waals surface area contributed by atoms with Gasteiger partial charge in [0.15, 0.2) is 0 Å². The predicted molar refractivity (Wildman–Crippen MR) is 142 cm³/mol. The van der Waals surface area contributed by atoms with Gasteiger partial charge in [-0.05, 0) is 59.5 Å². The summed E-state index contributed by atoms with van der Waals surface area (Å²) < 4.78 is 8.92. The molecule has 0 saturated heterocycles. The van der Waals surface area contributed by atoms with Gasteiger partial charge in [0.2, 0.25) is 0 Å². The van der Waals surface area contributed by atoms with Crippen LogP contribution in [0.1, 0.15) is 46.3 Å². The van der Waals surface area contributed by atoms with Gasteiger partial charge >= 0.3 is 0 Å². The maximum Gasteiger partial charge on any atom is 0.272 e. The van der Waals surface area contributed by atoms with Gasteiger partial charge in [-0.25, -0.2) is 0 Å². The Morgan fingerprint density at radius 3 is 2.68 bits per heavy atom. The van der Waals surface area contributed by atoms with E-state index in [4.69, 9.17) is 4.74 Å². The monoisotopic (exact) mass is 497 g/mol. The summed E-state index contributed by atoms with van der Waals surface area (Å²) in [5, 5.41) is 4.51. The maximum atomic E-state index is 13.8. The number of carbonyl (C=O) groups excluding carboxylic acids is 1. The van der Waals surface area contributed by atoms with E-state index in [0.29, 0.717) is 37.3 Å². The van der Waals surface area contributed by atoms with E-state index in [1.54, 1.807) is 24.2 Å². The molecule has 0 saturated carbocycles. The molecule has 37 heavy (non-hydrogen) atoms. The van der Waals surface area contributed by atoms with Crippen LogP contribution in [0.5, 0.6) is 5.75 Å². The van der Waals surface area contributed by atoms with Crippen molar-refractivity contribution in [2.75, 3.05) is 13.7 Å². The first-order valence-electron chi connectivity index (χ1n) is 12.6. The number of nitrogens with zero attached hydrogens (tertiary/aromatic N) is 5. The first-order valence-corrected chi connectivity index (χ1v) is 12.6. The molecular formula is C29H31N5O3. The van der Waals surface area contributed by atoms with Crippen molar-refractivity contribution in [1.29, 1.82) is 0 Å². The molecule has 4 heterocycles. The SMILES string of the molecule is CCCc1cc(C(=O)N2CCc3c(cc(-c4ccncc4)c(=O)n3Cc3cccc(OC)c3)C2)n(C)n1. The van der Waals surface area contributed by atoms with Crippen molar-refractivity contribution >= 4 is 5.91 Å². The highest BCUT2D eigenvalue weighted by Gasteiger charge is 2.27. The Morgan fingerprint density at radius 2 is 1.92 bits per heavy atom. The van der Waals surface area contributed by atoms with Gasteiger partial charge in [0.1, 0.15) is 11.4 Å². The Labute approximate surface area is 216 Å². The van der Waals surface area contributed by atoms with E-state index in [0.717, 1.165) is 46.7 Å². The van der Waals surface area contributed by atoms with Crippen LogP contribution in [0.2, 0.25) is 0 Å². The van der Waals surface area contributed by atoms with Gasteiger partial charge in [0, 0.05) is 50.2 Å². The van der Waals surface area contributed by atoms with E-state index in [9.17, 15) is 9.59 Å². The molecule has 1 aliphatic rings. The Hall–Kier alpha value is -4.20. The number of carbonyl (C=O) groups is 1. The lowest BCUT2D eigenvalue weighted by Crippen LogP contribution is -2.40. The van der Waals surface area contributed by atoms with E-state index in [1.807, 2.05) is 65.0 Å². The third kappa shape index (κ3) is 4.91. The second-order valence-electron chi connectivity index (χ2n) is 9.38. The van der Waals surface area contributed by atoms with Crippen molar-refractivity contribution in [1.82, 2.24) is 24.2 Å². The Morgan fingerprint density at radius 1 is 1.11 bits per heavy atom. The van der Waals surface area contributed by atoms with Crippen molar-refractivity contribution in [3.8, 4) is 16.9 Å². The van der Waals surface area contributed by atoms with Gasteiger partial charge in [0.25, 0.3) is 11.5 Å². The molecule has 0 spiro atoms. The van der Waals surface area contributed by atoms with Crippen molar-refractivity contribution in [2.45, 2.75) is 39.3 Å². The van der Waals surface area contributed by atoms with Crippen LogP contribution in [0.4, 0.5) is 0 Å². The van der Waals surface area contributed by atoms with Crippen LogP contribution < -0.4 is 10.3 Å². The number of ether oxygens (including phenoxy) is 1. The fourth-order valence-corrected chi connectivity index (χ4v) is 5.02. The second kappa shape index (κ2) is 10.4. The minimum atomic E-state index is -0.0524. The molecule has 1 amide bonds. The molecule has 5 rings (SSSR count). The van der Waals surface area contributed by atoms with Crippen LogP contribution in [-0.4, -0.2) is 43.8 Å². The van der Waals surface area contributed by atoms with Gasteiger partial charge in [-0.1, -0.05) is 25.5 Å². The molecular weight excluding hydrogens is 466 g/mol. The summed E-state index contributed by atoms with van der Waals surface area (Å²) in [5.41, 5.74) is 5.79. The topological polar surface area (TPSA) is 82.3 Å². The first kappa shape index (κ1) is 24.5. The number of hydrogen-bond donors (Lipinski definition) is 0. The van der Waals surface area contributed by atoms with Gasteiger partial charge in [-0.3, -0.25) is 19.3 Å². The fraction of sp³-hybridized carbons (Fsp3) is 0.310. The maximum absolute atomic E-state index is 13.8. The van der Waals surface area contributed by atoms with E-state index < -0.39 is 0 Å². The van der Waals surface area contributed by atoms with Crippen LogP contribution in [0, 0.1) is 0 Å². The number of methoxy groups -OCH3 is 1. The molecule has 0 fully saturated rings. The highest BCUT2D eigenvalue weighted by atomic mass is 16.5. The molecule has 0 atom stereocenters. The summed E-state index contributed by atoms with van der Waals surface area (Å²) in [6, 6.07) is 15.3. The van der Waals surface area contributed by atoms with Crippen molar-refractivity contribution in [3.05, 3.63) is 99.5 Å². The van der Waals surface area contributed by atoms with Gasteiger partial charge < -0.3 is 14.2 Å². The average molecular weight is 498 g/mol. The van der Waals surface area contributed by atoms with Crippen molar-refractivity contribution in [3.63, 3.8) is 0 Å². The number of hydrogen-bond acceptors (Lipinski definition) is 5. The summed E-state index contributed by atoms with van der Waals surface area (Å²) in [4.78, 5) is 33.2. The van der Waals surface area contributed by atoms with Crippen molar-refractivity contribution in [2.24, 2.45) is 7.05 Å². The molecule has 3 aromatic heterocycles. The predicted octanol–water partition coefficient (Wildman–Crippen LogP) is 3.85. The van der Waals surface area contributed by atoms with Crippen LogP contribution in [-0.2, 0) is 33.0 Å². The molecule has 4 aromatic rings. The molecule has 1 aromatic carbocycles. The summed E-state index contributed by atoms with van der Waals surface area (Å²) in [7, 11) is 3.45. The van der Waals surface area contributed by atoms with Crippen molar-refractivity contribution < 1.29 is 9.53 Å². The van der Waals surface area contributed by atoms with Gasteiger partial charge in [-0.2, -0.15) is 5.10 Å². The molecule has 0 unspecified atom stereocenters. The summed E-state index contributed by atoms with van der Waals surface area (Å²) in [6.07, 6.45) is 5.79. The fourth-order valence-electron chi connectivity index (χ4n) is 5.02. The Kier molecular flexibility index (Phi) is 6.90. The summed E-state index contributed by atoms with van der Waals surface area (Å²) in [6.45, 7) is 3.49. The van der Waals surface area contributed by atoms with Crippen LogP contribution in [0.3, 0.4) is 0 Å². The molecule has 0 N–H and O–H groups in total. The standard InChI is InChI=1S/C29H31N5O3/c1-4-6-23-17-27(32(2)31-23)29(36)33-14-11-26-22(19-33)16-25(21-9-12-30-13-10-21)28(35)34(26)18-20-7-5-8-24(15-20)37-3/h5,7-10,12-13,15-17H,4,6,11,14,18-19H2,1-3H3. The summed E-state index contributed by atoms with van der Waals surface area (Å²) >= 11 is 0. The number of rotatable bonds is 7. The zero-order valence-corrected chi connectivity index (χ0v) is 21.5. The van der Waals surface area contributed by atoms with E-state index >= 15 is 0 Å². The van der Waals surface area contributed by atoms with Crippen LogP contribution >= 0.6 is 0 Å². The first-order chi connectivity index (χ1) is 18.0. The average Bonchev–Trinajstić information content (AvgIpc) is 3.30. The lowest BCUT2D eigenvalue weighted by Gasteiger charge is -2.31. The van der Waals surface area contributed by atoms with Crippen LogP contribution in [0.15, 0.2) is 65.7 Å². The number of benzene rings is 1. The minimum Gasteiger partial charge on any atom is -0.497 e. The van der Waals surface area contributed by atoms with E-state index in [-0.39, 0.29) is 11.5 Å². The summed E-state index contributed by atoms with van der Waals surface area (Å²) in [5.74, 6) is 0.708. The van der Waals surface area contributed by atoms with Gasteiger partial charge in [-0.15, -0.1) is 0 Å². The quantitative estimate of drug-likeness (QED) is 0.387. The molecule has 0 bridgehead atoms. The highest BCUT2D eigenvalue weighted by molar-refractivity contribution is 5.93. The zero-order valence-electron chi connectivity index (χ0n) is 21.5. The van der Waals surface area contributed by atoms with E-state index in [1.165, 1.54) is 0 Å². The third-order valence-electron chi connectivity index (χ3n) is 6.88.